The number of carbonyl (C=O) groups excluding carboxylic acids is 1. The quantitative estimate of drug-likeness (QED) is 0.805. The van der Waals surface area contributed by atoms with Gasteiger partial charge in [0.05, 0.1) is 6.61 Å². The maximum absolute atomic E-state index is 12.2. The number of rotatable bonds is 7. The molecule has 1 aromatic carbocycles. The lowest BCUT2D eigenvalue weighted by atomic mass is 10.1. The molecule has 0 saturated heterocycles. The molecule has 0 bridgehead atoms. The summed E-state index contributed by atoms with van der Waals surface area (Å²) in [5.74, 6) is 0.0292. The molecule has 124 valence electrons. The third kappa shape index (κ3) is 4.84. The van der Waals surface area contributed by atoms with Crippen molar-refractivity contribution in [3.05, 3.63) is 35.4 Å². The number of hydrogen-bond donors (Lipinski definition) is 2. The molecule has 1 aromatic rings. The number of carboxylic acid groups (broad SMARTS) is 1. The molecule has 1 amide bonds. The third-order valence-electron chi connectivity index (χ3n) is 3.83. The molecule has 23 heavy (non-hydrogen) atoms. The van der Waals surface area contributed by atoms with Gasteiger partial charge in [-0.25, -0.2) is 4.79 Å². The highest BCUT2D eigenvalue weighted by atomic mass is 16.5. The first-order valence-electron chi connectivity index (χ1n) is 7.97. The Hall–Kier alpha value is -2.30. The number of carboxylic acids is 1. The smallest absolute Gasteiger partial charge is 0.332 e. The number of ether oxygens (including phenoxy) is 1. The van der Waals surface area contributed by atoms with Gasteiger partial charge in [-0.05, 0) is 55.9 Å². The number of nitrogens with one attached hydrogen (secondary N) is 1. The van der Waals surface area contributed by atoms with Crippen LogP contribution in [0.2, 0.25) is 0 Å². The van der Waals surface area contributed by atoms with E-state index in [1.165, 1.54) is 0 Å². The Balaban J connectivity index is 1.94. The summed E-state index contributed by atoms with van der Waals surface area (Å²) in [6.07, 6.45) is 2.68. The molecule has 0 radical (unpaired) electrons. The van der Waals surface area contributed by atoms with Crippen LogP contribution >= 0.6 is 0 Å². The maximum Gasteiger partial charge on any atom is 0.332 e. The topological polar surface area (TPSA) is 75.6 Å². The van der Waals surface area contributed by atoms with Crippen LogP contribution in [0.15, 0.2) is 35.4 Å². The van der Waals surface area contributed by atoms with Crippen molar-refractivity contribution in [2.75, 3.05) is 11.9 Å². The second kappa shape index (κ2) is 7.81. The van der Waals surface area contributed by atoms with Crippen LogP contribution in [0.25, 0.3) is 0 Å². The van der Waals surface area contributed by atoms with Gasteiger partial charge in [0, 0.05) is 16.8 Å². The van der Waals surface area contributed by atoms with Crippen molar-refractivity contribution < 1.29 is 19.4 Å². The molecule has 2 rings (SSSR count). The first-order valence-corrected chi connectivity index (χ1v) is 7.97. The molecule has 0 aromatic heterocycles. The average Bonchev–Trinajstić information content (AvgIpc) is 2.98. The minimum atomic E-state index is -0.999. The fourth-order valence-corrected chi connectivity index (χ4v) is 2.48. The van der Waals surface area contributed by atoms with Gasteiger partial charge < -0.3 is 15.2 Å². The van der Waals surface area contributed by atoms with Gasteiger partial charge in [-0.2, -0.15) is 0 Å². The Bertz CT molecular complexity index is 602. The van der Waals surface area contributed by atoms with Crippen molar-refractivity contribution >= 4 is 17.6 Å². The molecular weight excluding hydrogens is 294 g/mol. The number of carbonyl (C=O) groups is 2. The van der Waals surface area contributed by atoms with Gasteiger partial charge in [0.2, 0.25) is 0 Å². The monoisotopic (exact) mass is 317 g/mol. The molecule has 0 spiro atoms. The molecule has 0 saturated carbocycles. The molecule has 5 heteroatoms. The van der Waals surface area contributed by atoms with E-state index in [2.05, 4.69) is 19.2 Å². The van der Waals surface area contributed by atoms with Crippen molar-refractivity contribution in [3.8, 4) is 5.75 Å². The fourth-order valence-electron chi connectivity index (χ4n) is 2.48. The van der Waals surface area contributed by atoms with Crippen LogP contribution < -0.4 is 10.1 Å². The number of anilines is 1. The van der Waals surface area contributed by atoms with Gasteiger partial charge in [-0.3, -0.25) is 4.79 Å². The maximum atomic E-state index is 12.2. The van der Waals surface area contributed by atoms with Gasteiger partial charge in [-0.1, -0.05) is 13.8 Å². The summed E-state index contributed by atoms with van der Waals surface area (Å²) in [5.41, 5.74) is 1.25. The summed E-state index contributed by atoms with van der Waals surface area (Å²) in [4.78, 5) is 23.3. The second-order valence-corrected chi connectivity index (χ2v) is 6.13. The van der Waals surface area contributed by atoms with E-state index in [-0.39, 0.29) is 11.5 Å². The Morgan fingerprint density at radius 3 is 2.43 bits per heavy atom. The van der Waals surface area contributed by atoms with Crippen molar-refractivity contribution in [2.24, 2.45) is 5.92 Å². The number of hydrogen-bond acceptors (Lipinski definition) is 3. The Kier molecular flexibility index (Phi) is 5.79. The number of amides is 1. The molecule has 0 fully saturated rings. The minimum absolute atomic E-state index is 0.233. The second-order valence-electron chi connectivity index (χ2n) is 6.13. The van der Waals surface area contributed by atoms with E-state index in [0.717, 1.165) is 12.2 Å². The molecule has 0 heterocycles. The molecule has 5 nitrogen and oxygen atoms in total. The molecule has 0 aliphatic heterocycles. The van der Waals surface area contributed by atoms with E-state index in [4.69, 9.17) is 9.84 Å². The SMILES string of the molecule is CC(C)CCOc1ccc(NC(=O)C2=C(C(=O)O)CCC2)cc1. The van der Waals surface area contributed by atoms with Crippen molar-refractivity contribution in [1.82, 2.24) is 0 Å². The predicted molar refractivity (Wildman–Crippen MR) is 88.5 cm³/mol. The average molecular weight is 317 g/mol. The van der Waals surface area contributed by atoms with Crippen LogP contribution in [-0.4, -0.2) is 23.6 Å². The summed E-state index contributed by atoms with van der Waals surface area (Å²) >= 11 is 0. The molecule has 0 atom stereocenters. The van der Waals surface area contributed by atoms with Crippen LogP contribution in [0.3, 0.4) is 0 Å². The van der Waals surface area contributed by atoms with E-state index in [9.17, 15) is 9.59 Å². The van der Waals surface area contributed by atoms with Crippen LogP contribution in [0.1, 0.15) is 39.5 Å². The van der Waals surface area contributed by atoms with E-state index in [1.54, 1.807) is 24.3 Å². The molecular formula is C18H23NO4. The van der Waals surface area contributed by atoms with Crippen LogP contribution in [0.4, 0.5) is 5.69 Å². The van der Waals surface area contributed by atoms with Gasteiger partial charge in [0.25, 0.3) is 5.91 Å². The van der Waals surface area contributed by atoms with E-state index < -0.39 is 5.97 Å². The largest absolute Gasteiger partial charge is 0.494 e. The van der Waals surface area contributed by atoms with Crippen LogP contribution in [-0.2, 0) is 9.59 Å². The number of benzene rings is 1. The highest BCUT2D eigenvalue weighted by Crippen LogP contribution is 2.27. The van der Waals surface area contributed by atoms with E-state index in [0.29, 0.717) is 43.0 Å². The summed E-state index contributed by atoms with van der Waals surface area (Å²) in [6, 6.07) is 7.13. The minimum Gasteiger partial charge on any atom is -0.494 e. The zero-order valence-corrected chi connectivity index (χ0v) is 13.6. The lowest BCUT2D eigenvalue weighted by Gasteiger charge is -2.10. The Labute approximate surface area is 136 Å². The highest BCUT2D eigenvalue weighted by molar-refractivity contribution is 6.09. The van der Waals surface area contributed by atoms with E-state index >= 15 is 0 Å². The van der Waals surface area contributed by atoms with E-state index in [1.807, 2.05) is 0 Å². The normalized spacial score (nSPS) is 14.2. The van der Waals surface area contributed by atoms with Crippen LogP contribution in [0.5, 0.6) is 5.75 Å². The molecule has 0 unspecified atom stereocenters. The molecule has 1 aliphatic carbocycles. The Morgan fingerprint density at radius 1 is 1.17 bits per heavy atom. The number of aliphatic carboxylic acids is 1. The lowest BCUT2D eigenvalue weighted by Crippen LogP contribution is -2.16. The zero-order chi connectivity index (χ0) is 16.8. The lowest BCUT2D eigenvalue weighted by molar-refractivity contribution is -0.133. The summed E-state index contributed by atoms with van der Waals surface area (Å²) < 4.78 is 5.63. The van der Waals surface area contributed by atoms with Crippen molar-refractivity contribution in [1.29, 1.82) is 0 Å². The first-order chi connectivity index (χ1) is 11.0. The van der Waals surface area contributed by atoms with Gasteiger partial charge in [-0.15, -0.1) is 0 Å². The van der Waals surface area contributed by atoms with Gasteiger partial charge in [0.1, 0.15) is 5.75 Å². The third-order valence-corrected chi connectivity index (χ3v) is 3.83. The fraction of sp³-hybridized carbons (Fsp3) is 0.444. The van der Waals surface area contributed by atoms with Gasteiger partial charge >= 0.3 is 5.97 Å². The van der Waals surface area contributed by atoms with Gasteiger partial charge in [0.15, 0.2) is 0 Å². The Morgan fingerprint density at radius 2 is 1.83 bits per heavy atom. The predicted octanol–water partition coefficient (Wildman–Crippen LogP) is 3.62. The zero-order valence-electron chi connectivity index (χ0n) is 13.6. The molecule has 2 N–H and O–H groups in total. The summed E-state index contributed by atoms with van der Waals surface area (Å²) in [5, 5.41) is 11.9. The highest BCUT2D eigenvalue weighted by Gasteiger charge is 2.25. The summed E-state index contributed by atoms with van der Waals surface area (Å²) in [7, 11) is 0. The first kappa shape index (κ1) is 17.1. The summed E-state index contributed by atoms with van der Waals surface area (Å²) in [6.45, 7) is 4.95. The van der Waals surface area contributed by atoms with Crippen molar-refractivity contribution in [3.63, 3.8) is 0 Å². The standard InChI is InChI=1S/C18H23NO4/c1-12(2)10-11-23-14-8-6-13(7-9-14)19-17(20)15-4-3-5-16(15)18(21)22/h6-9,12H,3-5,10-11H2,1-2H3,(H,19,20)(H,21,22). The van der Waals surface area contributed by atoms with Crippen molar-refractivity contribution in [2.45, 2.75) is 39.5 Å². The molecule has 1 aliphatic rings. The van der Waals surface area contributed by atoms with Crippen LogP contribution in [0, 0.1) is 5.92 Å².